The minimum absolute atomic E-state index is 0.176. The van der Waals surface area contributed by atoms with Crippen LogP contribution in [0.2, 0.25) is 0 Å². The molecule has 0 heterocycles. The molecule has 16 heavy (non-hydrogen) atoms. The minimum atomic E-state index is -0.176. The third-order valence-corrected chi connectivity index (χ3v) is 2.92. The summed E-state index contributed by atoms with van der Waals surface area (Å²) in [7, 11) is 1.68. The van der Waals surface area contributed by atoms with Crippen molar-refractivity contribution in [1.82, 2.24) is 5.32 Å². The Balaban J connectivity index is 1.98. The van der Waals surface area contributed by atoms with E-state index >= 15 is 0 Å². The number of benzene rings is 1. The van der Waals surface area contributed by atoms with Crippen molar-refractivity contribution in [2.45, 2.75) is 24.8 Å². The van der Waals surface area contributed by atoms with Crippen LogP contribution in [0.3, 0.4) is 0 Å². The monoisotopic (exact) mass is 223 g/mol. The highest BCUT2D eigenvalue weighted by Crippen LogP contribution is 2.22. The Morgan fingerprint density at radius 3 is 2.94 bits per heavy atom. The second-order valence-electron chi connectivity index (χ2n) is 4.39. The predicted octanol–water partition coefficient (Wildman–Crippen LogP) is 2.31. The second kappa shape index (κ2) is 5.41. The Morgan fingerprint density at radius 2 is 2.31 bits per heavy atom. The number of rotatable bonds is 6. The van der Waals surface area contributed by atoms with Crippen LogP contribution in [0.1, 0.15) is 24.3 Å². The zero-order valence-electron chi connectivity index (χ0n) is 9.58. The lowest BCUT2D eigenvalue weighted by Gasteiger charge is -2.17. The van der Waals surface area contributed by atoms with Gasteiger partial charge in [-0.1, -0.05) is 12.1 Å². The van der Waals surface area contributed by atoms with Crippen LogP contribution >= 0.6 is 0 Å². The lowest BCUT2D eigenvalue weighted by atomic mass is 10.00. The number of methoxy groups -OCH3 is 1. The fraction of sp³-hybridized carbons (Fsp3) is 0.538. The molecule has 0 aromatic heterocycles. The molecule has 0 bridgehead atoms. The van der Waals surface area contributed by atoms with Crippen molar-refractivity contribution >= 4 is 0 Å². The van der Waals surface area contributed by atoms with Crippen LogP contribution in [0.4, 0.5) is 4.39 Å². The minimum Gasteiger partial charge on any atom is -0.384 e. The molecule has 1 fully saturated rings. The third kappa shape index (κ3) is 3.29. The lowest BCUT2D eigenvalue weighted by molar-refractivity contribution is 0.177. The Morgan fingerprint density at radius 1 is 1.50 bits per heavy atom. The lowest BCUT2D eigenvalue weighted by Crippen LogP contribution is -2.26. The van der Waals surface area contributed by atoms with Crippen molar-refractivity contribution in [3.05, 3.63) is 35.6 Å². The van der Waals surface area contributed by atoms with Crippen molar-refractivity contribution < 1.29 is 9.13 Å². The summed E-state index contributed by atoms with van der Waals surface area (Å²) in [6.07, 6.45) is 2.53. The molecule has 0 saturated heterocycles. The maximum Gasteiger partial charge on any atom is 0.123 e. The summed E-state index contributed by atoms with van der Waals surface area (Å²) in [5.74, 6) is 0.0614. The molecule has 1 aromatic carbocycles. The first-order valence-corrected chi connectivity index (χ1v) is 5.77. The van der Waals surface area contributed by atoms with E-state index in [9.17, 15) is 4.39 Å². The van der Waals surface area contributed by atoms with Gasteiger partial charge in [0.2, 0.25) is 0 Å². The topological polar surface area (TPSA) is 21.3 Å². The molecule has 88 valence electrons. The molecular weight excluding hydrogens is 205 g/mol. The van der Waals surface area contributed by atoms with E-state index in [1.807, 2.05) is 6.07 Å². The van der Waals surface area contributed by atoms with Gasteiger partial charge in [0.15, 0.2) is 0 Å². The summed E-state index contributed by atoms with van der Waals surface area (Å²) in [4.78, 5) is 0. The summed E-state index contributed by atoms with van der Waals surface area (Å²) >= 11 is 0. The number of ether oxygens (including phenoxy) is 1. The number of halogens is 1. The van der Waals surface area contributed by atoms with E-state index in [0.29, 0.717) is 12.6 Å². The molecule has 3 heteroatoms. The first kappa shape index (κ1) is 11.6. The first-order valence-electron chi connectivity index (χ1n) is 5.77. The zero-order valence-corrected chi connectivity index (χ0v) is 9.58. The van der Waals surface area contributed by atoms with E-state index in [1.165, 1.54) is 18.9 Å². The van der Waals surface area contributed by atoms with Gasteiger partial charge in [0.25, 0.3) is 0 Å². The second-order valence-corrected chi connectivity index (χ2v) is 4.39. The van der Waals surface area contributed by atoms with Crippen molar-refractivity contribution in [3.8, 4) is 0 Å². The van der Waals surface area contributed by atoms with Gasteiger partial charge >= 0.3 is 0 Å². The van der Waals surface area contributed by atoms with Crippen LogP contribution in [0.5, 0.6) is 0 Å². The van der Waals surface area contributed by atoms with Gasteiger partial charge in [-0.3, -0.25) is 0 Å². The molecule has 1 unspecified atom stereocenters. The average Bonchev–Trinajstić information content (AvgIpc) is 3.08. The Hall–Kier alpha value is -0.930. The maximum absolute atomic E-state index is 13.1. The molecule has 0 spiro atoms. The van der Waals surface area contributed by atoms with Crippen LogP contribution in [-0.2, 0) is 4.74 Å². The normalized spacial score (nSPS) is 17.4. The fourth-order valence-corrected chi connectivity index (χ4v) is 1.83. The molecule has 0 aliphatic heterocycles. The van der Waals surface area contributed by atoms with Gasteiger partial charge in [-0.2, -0.15) is 0 Å². The molecule has 2 nitrogen and oxygen atoms in total. The van der Waals surface area contributed by atoms with Gasteiger partial charge in [0, 0.05) is 25.6 Å². The first-order chi connectivity index (χ1) is 7.79. The van der Waals surface area contributed by atoms with E-state index in [1.54, 1.807) is 19.2 Å². The molecule has 1 saturated carbocycles. The van der Waals surface area contributed by atoms with Crippen molar-refractivity contribution in [3.63, 3.8) is 0 Å². The molecule has 0 radical (unpaired) electrons. The van der Waals surface area contributed by atoms with Crippen LogP contribution in [-0.4, -0.2) is 26.3 Å². The predicted molar refractivity (Wildman–Crippen MR) is 62.0 cm³/mol. The summed E-state index contributed by atoms with van der Waals surface area (Å²) < 4.78 is 18.3. The highest BCUT2D eigenvalue weighted by molar-refractivity contribution is 5.21. The fourth-order valence-electron chi connectivity index (χ4n) is 1.83. The highest BCUT2D eigenvalue weighted by Gasteiger charge is 2.22. The molecule has 1 atom stereocenters. The van der Waals surface area contributed by atoms with Gasteiger partial charge < -0.3 is 10.1 Å². The Kier molecular flexibility index (Phi) is 3.91. The smallest absolute Gasteiger partial charge is 0.123 e. The molecule has 1 N–H and O–H groups in total. The SMILES string of the molecule is COCC(CNC1CC1)c1cccc(F)c1. The summed E-state index contributed by atoms with van der Waals surface area (Å²) in [6.45, 7) is 1.49. The Labute approximate surface area is 95.8 Å². The third-order valence-electron chi connectivity index (χ3n) is 2.92. The molecule has 1 aliphatic carbocycles. The van der Waals surface area contributed by atoms with Crippen molar-refractivity contribution in [2.75, 3.05) is 20.3 Å². The van der Waals surface area contributed by atoms with Crippen molar-refractivity contribution in [2.24, 2.45) is 0 Å². The van der Waals surface area contributed by atoms with Gasteiger partial charge in [-0.05, 0) is 30.5 Å². The van der Waals surface area contributed by atoms with Crippen LogP contribution in [0.25, 0.3) is 0 Å². The van der Waals surface area contributed by atoms with E-state index in [2.05, 4.69) is 5.32 Å². The molecular formula is C13H18FNO. The number of nitrogens with one attached hydrogen (secondary N) is 1. The summed E-state index contributed by atoms with van der Waals surface area (Å²) in [6, 6.07) is 7.46. The number of hydrogen-bond acceptors (Lipinski definition) is 2. The van der Waals surface area contributed by atoms with Crippen LogP contribution < -0.4 is 5.32 Å². The Bertz CT molecular complexity index is 338. The van der Waals surface area contributed by atoms with E-state index in [4.69, 9.17) is 4.74 Å². The molecule has 2 rings (SSSR count). The van der Waals surface area contributed by atoms with E-state index < -0.39 is 0 Å². The van der Waals surface area contributed by atoms with Crippen LogP contribution in [0, 0.1) is 5.82 Å². The van der Waals surface area contributed by atoms with Gasteiger partial charge in [-0.25, -0.2) is 4.39 Å². The highest BCUT2D eigenvalue weighted by atomic mass is 19.1. The van der Waals surface area contributed by atoms with Gasteiger partial charge in [0.1, 0.15) is 5.82 Å². The van der Waals surface area contributed by atoms with E-state index in [-0.39, 0.29) is 11.7 Å². The van der Waals surface area contributed by atoms with Crippen LogP contribution in [0.15, 0.2) is 24.3 Å². The summed E-state index contributed by atoms with van der Waals surface area (Å²) in [5.41, 5.74) is 1.01. The van der Waals surface area contributed by atoms with Gasteiger partial charge in [-0.15, -0.1) is 0 Å². The number of hydrogen-bond donors (Lipinski definition) is 1. The van der Waals surface area contributed by atoms with E-state index in [0.717, 1.165) is 12.1 Å². The zero-order chi connectivity index (χ0) is 11.4. The summed E-state index contributed by atoms with van der Waals surface area (Å²) in [5, 5.41) is 3.46. The molecule has 0 amide bonds. The van der Waals surface area contributed by atoms with Crippen molar-refractivity contribution in [1.29, 1.82) is 0 Å². The molecule has 1 aromatic rings. The average molecular weight is 223 g/mol. The largest absolute Gasteiger partial charge is 0.384 e. The standard InChI is InChI=1S/C13H18FNO/c1-16-9-11(8-15-13-5-6-13)10-3-2-4-12(14)7-10/h2-4,7,11,13,15H,5-6,8-9H2,1H3. The molecule has 1 aliphatic rings. The maximum atomic E-state index is 13.1. The van der Waals surface area contributed by atoms with Gasteiger partial charge in [0.05, 0.1) is 6.61 Å². The quantitative estimate of drug-likeness (QED) is 0.799.